The summed E-state index contributed by atoms with van der Waals surface area (Å²) in [6.07, 6.45) is -0.0875. The first-order valence-corrected chi connectivity index (χ1v) is 6.22. The van der Waals surface area contributed by atoms with Gasteiger partial charge in [-0.1, -0.05) is 36.4 Å². The minimum Gasteiger partial charge on any atom is -0.494 e. The Balaban J connectivity index is 2.41. The molecule has 3 nitrogen and oxygen atoms in total. The predicted octanol–water partition coefficient (Wildman–Crippen LogP) is 3.44. The average molecular weight is 274 g/mol. The highest BCUT2D eigenvalue weighted by Gasteiger charge is 2.19. The summed E-state index contributed by atoms with van der Waals surface area (Å²) in [4.78, 5) is 11.0. The van der Waals surface area contributed by atoms with Crippen LogP contribution in [0.3, 0.4) is 0 Å². The maximum Gasteiger partial charge on any atom is 0.304 e. The van der Waals surface area contributed by atoms with E-state index in [-0.39, 0.29) is 18.1 Å². The second-order valence-corrected chi connectivity index (χ2v) is 4.46. The zero-order valence-corrected chi connectivity index (χ0v) is 11.0. The number of carboxylic acids is 1. The first kappa shape index (κ1) is 14.1. The number of hydrogen-bond donors (Lipinski definition) is 1. The molecule has 0 fully saturated rings. The molecule has 0 radical (unpaired) electrons. The van der Waals surface area contributed by atoms with Gasteiger partial charge in [-0.2, -0.15) is 0 Å². The molecular formula is C16H15FO3. The molecule has 0 aliphatic rings. The van der Waals surface area contributed by atoms with E-state index in [2.05, 4.69) is 0 Å². The topological polar surface area (TPSA) is 46.5 Å². The van der Waals surface area contributed by atoms with Crippen molar-refractivity contribution >= 4 is 5.97 Å². The molecule has 4 heteroatoms. The van der Waals surface area contributed by atoms with Crippen LogP contribution in [0.2, 0.25) is 0 Å². The highest BCUT2D eigenvalue weighted by molar-refractivity contribution is 5.69. The van der Waals surface area contributed by atoms with Crippen molar-refractivity contribution in [2.24, 2.45) is 0 Å². The molecule has 2 rings (SSSR count). The molecule has 1 atom stereocenters. The van der Waals surface area contributed by atoms with Gasteiger partial charge in [0.2, 0.25) is 0 Å². The summed E-state index contributed by atoms with van der Waals surface area (Å²) in [5.74, 6) is -1.64. The van der Waals surface area contributed by atoms with Crippen molar-refractivity contribution in [1.29, 1.82) is 0 Å². The average Bonchev–Trinajstić information content (AvgIpc) is 2.45. The maximum absolute atomic E-state index is 13.8. The first-order valence-electron chi connectivity index (χ1n) is 6.22. The normalized spacial score (nSPS) is 11.9. The minimum absolute atomic E-state index is 0.0875. The van der Waals surface area contributed by atoms with Crippen molar-refractivity contribution in [2.45, 2.75) is 12.3 Å². The van der Waals surface area contributed by atoms with Gasteiger partial charge in [-0.25, -0.2) is 4.39 Å². The fraction of sp³-hybridized carbons (Fsp3) is 0.188. The summed E-state index contributed by atoms with van der Waals surface area (Å²) in [5, 5.41) is 9.06. The van der Waals surface area contributed by atoms with Crippen LogP contribution < -0.4 is 4.74 Å². The van der Waals surface area contributed by atoms with Gasteiger partial charge in [-0.3, -0.25) is 4.79 Å². The molecule has 20 heavy (non-hydrogen) atoms. The largest absolute Gasteiger partial charge is 0.494 e. The van der Waals surface area contributed by atoms with Gasteiger partial charge >= 0.3 is 5.97 Å². The van der Waals surface area contributed by atoms with E-state index >= 15 is 0 Å². The Morgan fingerprint density at radius 3 is 2.45 bits per heavy atom. The lowest BCUT2D eigenvalue weighted by Gasteiger charge is -2.16. The van der Waals surface area contributed by atoms with Gasteiger partial charge in [0.15, 0.2) is 11.6 Å². The van der Waals surface area contributed by atoms with Gasteiger partial charge < -0.3 is 9.84 Å². The Morgan fingerprint density at radius 1 is 1.20 bits per heavy atom. The summed E-state index contributed by atoms with van der Waals surface area (Å²) in [5.41, 5.74) is 1.47. The molecule has 0 saturated heterocycles. The van der Waals surface area contributed by atoms with Crippen LogP contribution in [0.25, 0.3) is 0 Å². The molecule has 0 aromatic heterocycles. The van der Waals surface area contributed by atoms with E-state index in [0.717, 1.165) is 5.56 Å². The van der Waals surface area contributed by atoms with Crippen molar-refractivity contribution in [3.8, 4) is 5.75 Å². The smallest absolute Gasteiger partial charge is 0.304 e. The van der Waals surface area contributed by atoms with E-state index in [1.807, 2.05) is 30.3 Å². The Bertz CT molecular complexity index is 596. The number of ether oxygens (including phenoxy) is 1. The van der Waals surface area contributed by atoms with Gasteiger partial charge in [0.25, 0.3) is 0 Å². The Hall–Kier alpha value is -2.36. The summed E-state index contributed by atoms with van der Waals surface area (Å²) >= 11 is 0. The van der Waals surface area contributed by atoms with Gasteiger partial charge in [-0.05, 0) is 23.3 Å². The number of aliphatic carboxylic acids is 1. The summed E-state index contributed by atoms with van der Waals surface area (Å²) < 4.78 is 18.7. The third-order valence-corrected chi connectivity index (χ3v) is 3.16. The molecule has 1 N–H and O–H groups in total. The van der Waals surface area contributed by atoms with Crippen LogP contribution in [0.15, 0.2) is 48.5 Å². The van der Waals surface area contributed by atoms with E-state index < -0.39 is 11.8 Å². The second kappa shape index (κ2) is 6.19. The zero-order valence-electron chi connectivity index (χ0n) is 11.0. The van der Waals surface area contributed by atoms with Crippen molar-refractivity contribution in [1.82, 2.24) is 0 Å². The SMILES string of the molecule is COc1ccc(C(CC(=O)O)c2ccccc2)cc1F. The van der Waals surface area contributed by atoms with Gasteiger partial charge in [-0.15, -0.1) is 0 Å². The molecule has 0 amide bonds. The summed E-state index contributed by atoms with van der Waals surface area (Å²) in [6, 6.07) is 13.8. The number of methoxy groups -OCH3 is 1. The monoisotopic (exact) mass is 274 g/mol. The molecule has 0 aliphatic carbocycles. The fourth-order valence-corrected chi connectivity index (χ4v) is 2.19. The van der Waals surface area contributed by atoms with Crippen LogP contribution in [0.1, 0.15) is 23.5 Å². The maximum atomic E-state index is 13.8. The van der Waals surface area contributed by atoms with Crippen LogP contribution in [-0.4, -0.2) is 18.2 Å². The first-order chi connectivity index (χ1) is 9.61. The van der Waals surface area contributed by atoms with Crippen molar-refractivity contribution in [3.63, 3.8) is 0 Å². The molecule has 0 bridgehead atoms. The molecule has 2 aromatic rings. The standard InChI is InChI=1S/C16H15FO3/c1-20-15-8-7-12(9-14(15)17)13(10-16(18)19)11-5-3-2-4-6-11/h2-9,13H,10H2,1H3,(H,18,19). The zero-order chi connectivity index (χ0) is 14.5. The van der Waals surface area contributed by atoms with Gasteiger partial charge in [0.1, 0.15) is 0 Å². The van der Waals surface area contributed by atoms with E-state index in [9.17, 15) is 9.18 Å². The molecule has 0 spiro atoms. The third kappa shape index (κ3) is 3.15. The molecule has 104 valence electrons. The number of halogens is 1. The Labute approximate surface area is 116 Å². The Morgan fingerprint density at radius 2 is 1.90 bits per heavy atom. The van der Waals surface area contributed by atoms with Crippen molar-refractivity contribution in [3.05, 3.63) is 65.5 Å². The number of hydrogen-bond acceptors (Lipinski definition) is 2. The quantitative estimate of drug-likeness (QED) is 0.908. The van der Waals surface area contributed by atoms with Crippen LogP contribution in [-0.2, 0) is 4.79 Å². The summed E-state index contributed by atoms with van der Waals surface area (Å²) in [6.45, 7) is 0. The molecule has 1 unspecified atom stereocenters. The number of carbonyl (C=O) groups is 1. The third-order valence-electron chi connectivity index (χ3n) is 3.16. The molecule has 0 aliphatic heterocycles. The lowest BCUT2D eigenvalue weighted by molar-refractivity contribution is -0.137. The number of benzene rings is 2. The Kier molecular flexibility index (Phi) is 4.35. The van der Waals surface area contributed by atoms with Crippen molar-refractivity contribution < 1.29 is 19.0 Å². The number of rotatable bonds is 5. The van der Waals surface area contributed by atoms with Crippen LogP contribution in [0, 0.1) is 5.82 Å². The van der Waals surface area contributed by atoms with E-state index in [1.54, 1.807) is 6.07 Å². The van der Waals surface area contributed by atoms with Gasteiger partial charge in [0.05, 0.1) is 13.5 Å². The summed E-state index contributed by atoms with van der Waals surface area (Å²) in [7, 11) is 1.39. The lowest BCUT2D eigenvalue weighted by Crippen LogP contribution is -2.08. The van der Waals surface area contributed by atoms with Crippen molar-refractivity contribution in [2.75, 3.05) is 7.11 Å². The van der Waals surface area contributed by atoms with Crippen LogP contribution >= 0.6 is 0 Å². The van der Waals surface area contributed by atoms with E-state index in [1.165, 1.54) is 19.2 Å². The fourth-order valence-electron chi connectivity index (χ4n) is 2.19. The molecule has 0 heterocycles. The number of carboxylic acid groups (broad SMARTS) is 1. The highest BCUT2D eigenvalue weighted by atomic mass is 19.1. The highest BCUT2D eigenvalue weighted by Crippen LogP contribution is 2.30. The minimum atomic E-state index is -0.921. The van der Waals surface area contributed by atoms with Gasteiger partial charge in [0, 0.05) is 5.92 Å². The predicted molar refractivity (Wildman–Crippen MR) is 73.5 cm³/mol. The molecule has 2 aromatic carbocycles. The molecular weight excluding hydrogens is 259 g/mol. The van der Waals surface area contributed by atoms with E-state index in [4.69, 9.17) is 9.84 Å². The van der Waals surface area contributed by atoms with E-state index in [0.29, 0.717) is 5.56 Å². The van der Waals surface area contributed by atoms with Crippen LogP contribution in [0.5, 0.6) is 5.75 Å². The second-order valence-electron chi connectivity index (χ2n) is 4.46. The molecule has 0 saturated carbocycles. The lowest BCUT2D eigenvalue weighted by atomic mass is 9.88. The van der Waals surface area contributed by atoms with Crippen LogP contribution in [0.4, 0.5) is 4.39 Å².